The Bertz CT molecular complexity index is 527. The largest absolute Gasteiger partial charge is 0.320 e. The van der Waals surface area contributed by atoms with E-state index < -0.39 is 0 Å². The van der Waals surface area contributed by atoms with E-state index in [0.717, 1.165) is 40.9 Å². The predicted octanol–water partition coefficient (Wildman–Crippen LogP) is 4.30. The Kier molecular flexibility index (Phi) is 5.51. The predicted molar refractivity (Wildman–Crippen MR) is 93.4 cm³/mol. The van der Waals surface area contributed by atoms with Crippen LogP contribution in [0.3, 0.4) is 0 Å². The summed E-state index contributed by atoms with van der Waals surface area (Å²) in [7, 11) is 0. The number of hydrogen-bond donors (Lipinski definition) is 1. The van der Waals surface area contributed by atoms with Gasteiger partial charge in [-0.25, -0.2) is 0 Å². The molecule has 1 N–H and O–H groups in total. The molecule has 1 fully saturated rings. The summed E-state index contributed by atoms with van der Waals surface area (Å²) in [4.78, 5) is 12.8. The molecule has 0 aliphatic carbocycles. The van der Waals surface area contributed by atoms with Crippen molar-refractivity contribution in [3.05, 3.63) is 28.3 Å². The molecule has 0 spiro atoms. The zero-order chi connectivity index (χ0) is 16.3. The summed E-state index contributed by atoms with van der Waals surface area (Å²) in [6.45, 7) is 11.5. The third-order valence-corrected chi connectivity index (χ3v) is 5.50. The number of likely N-dealkylation sites (tertiary alicyclic amines) is 1. The van der Waals surface area contributed by atoms with Gasteiger partial charge >= 0.3 is 0 Å². The van der Waals surface area contributed by atoms with Crippen molar-refractivity contribution in [2.75, 3.05) is 25.0 Å². The number of aryl methyl sites for hydroxylation is 2. The van der Waals surface area contributed by atoms with Crippen molar-refractivity contribution < 1.29 is 9.28 Å². The molecule has 122 valence electrons. The van der Waals surface area contributed by atoms with E-state index in [-0.39, 0.29) is 11.9 Å². The SMILES string of the molecule is CC[N+]1(C(C)C(=O)Nc2c(C)cc(Cl)cc2C)CCCCC1. The quantitative estimate of drug-likeness (QED) is 0.822. The van der Waals surface area contributed by atoms with Crippen LogP contribution in [0.1, 0.15) is 44.2 Å². The lowest BCUT2D eigenvalue weighted by Gasteiger charge is -2.44. The van der Waals surface area contributed by atoms with E-state index >= 15 is 0 Å². The average molecular weight is 324 g/mol. The lowest BCUT2D eigenvalue weighted by molar-refractivity contribution is -0.943. The van der Waals surface area contributed by atoms with Crippen molar-refractivity contribution in [3.63, 3.8) is 0 Å². The normalized spacial score (nSPS) is 18.8. The molecule has 4 heteroatoms. The molecule has 1 saturated heterocycles. The summed E-state index contributed by atoms with van der Waals surface area (Å²) in [5.41, 5.74) is 2.95. The van der Waals surface area contributed by atoms with Crippen molar-refractivity contribution in [2.45, 2.75) is 53.0 Å². The van der Waals surface area contributed by atoms with Crippen molar-refractivity contribution in [1.82, 2.24) is 0 Å². The van der Waals surface area contributed by atoms with Gasteiger partial charge in [-0.1, -0.05) is 11.6 Å². The van der Waals surface area contributed by atoms with E-state index in [1.807, 2.05) is 26.0 Å². The average Bonchev–Trinajstić information content (AvgIpc) is 2.50. The van der Waals surface area contributed by atoms with E-state index in [0.29, 0.717) is 5.02 Å². The molecule has 0 bridgehead atoms. The minimum atomic E-state index is -0.0141. The third kappa shape index (κ3) is 3.47. The lowest BCUT2D eigenvalue weighted by Crippen LogP contribution is -2.60. The Labute approximate surface area is 139 Å². The molecule has 0 saturated carbocycles. The van der Waals surface area contributed by atoms with Crippen molar-refractivity contribution >= 4 is 23.2 Å². The fourth-order valence-electron chi connectivity index (χ4n) is 3.70. The van der Waals surface area contributed by atoms with Crippen LogP contribution in [0.2, 0.25) is 5.02 Å². The molecule has 1 aliphatic rings. The number of anilines is 1. The molecule has 1 heterocycles. The molecule has 0 aromatic heterocycles. The van der Waals surface area contributed by atoms with Gasteiger partial charge in [-0.2, -0.15) is 0 Å². The fraction of sp³-hybridized carbons (Fsp3) is 0.611. The van der Waals surface area contributed by atoms with E-state index in [1.165, 1.54) is 19.3 Å². The zero-order valence-electron chi connectivity index (χ0n) is 14.2. The maximum Gasteiger partial charge on any atom is 0.282 e. The van der Waals surface area contributed by atoms with Crippen LogP contribution in [-0.4, -0.2) is 36.1 Å². The summed E-state index contributed by atoms with van der Waals surface area (Å²) in [6, 6.07) is 3.79. The van der Waals surface area contributed by atoms with Crippen LogP contribution in [0, 0.1) is 13.8 Å². The third-order valence-electron chi connectivity index (χ3n) is 5.28. The van der Waals surface area contributed by atoms with Crippen molar-refractivity contribution in [1.29, 1.82) is 0 Å². The van der Waals surface area contributed by atoms with E-state index in [1.54, 1.807) is 0 Å². The Morgan fingerprint density at radius 2 is 1.77 bits per heavy atom. The number of carbonyl (C=O) groups excluding carboxylic acids is 1. The molecular formula is C18H28ClN2O+. The standard InChI is InChI=1S/C18H27ClN2O/c1-5-21(9-7-6-8-10-21)15(4)18(22)20-17-13(2)11-16(19)12-14(17)3/h11-12,15H,5-10H2,1-4H3/p+1. The fourth-order valence-corrected chi connectivity index (χ4v) is 4.03. The van der Waals surface area contributed by atoms with Crippen LogP contribution in [-0.2, 0) is 4.79 Å². The molecule has 22 heavy (non-hydrogen) atoms. The van der Waals surface area contributed by atoms with Crippen LogP contribution in [0.5, 0.6) is 0 Å². The van der Waals surface area contributed by atoms with Crippen molar-refractivity contribution in [3.8, 4) is 0 Å². The lowest BCUT2D eigenvalue weighted by atomic mass is 10.0. The Hall–Kier alpha value is -1.06. The van der Waals surface area contributed by atoms with Crippen LogP contribution in [0.15, 0.2) is 12.1 Å². The summed E-state index contributed by atoms with van der Waals surface area (Å²) in [6.07, 6.45) is 3.75. The van der Waals surface area contributed by atoms with Gasteiger partial charge in [-0.15, -0.1) is 0 Å². The second kappa shape index (κ2) is 7.01. The smallest absolute Gasteiger partial charge is 0.282 e. The highest BCUT2D eigenvalue weighted by molar-refractivity contribution is 6.30. The number of likely N-dealkylation sites (N-methyl/N-ethyl adjacent to an activating group) is 1. The number of piperidine rings is 1. The summed E-state index contributed by atoms with van der Waals surface area (Å²) < 4.78 is 0.914. The summed E-state index contributed by atoms with van der Waals surface area (Å²) in [5.74, 6) is 0.122. The van der Waals surface area contributed by atoms with E-state index in [9.17, 15) is 4.79 Å². The number of rotatable bonds is 4. The molecule has 1 aromatic carbocycles. The van der Waals surface area contributed by atoms with Gasteiger partial charge in [-0.05, 0) is 70.2 Å². The van der Waals surface area contributed by atoms with Gasteiger partial charge < -0.3 is 9.80 Å². The zero-order valence-corrected chi connectivity index (χ0v) is 15.0. The maximum atomic E-state index is 12.8. The number of halogens is 1. The first-order chi connectivity index (χ1) is 10.4. The molecule has 0 radical (unpaired) electrons. The highest BCUT2D eigenvalue weighted by Gasteiger charge is 2.38. The van der Waals surface area contributed by atoms with Gasteiger partial charge in [-0.3, -0.25) is 4.79 Å². The molecule has 2 rings (SSSR count). The molecule has 1 unspecified atom stereocenters. The number of quaternary nitrogens is 1. The monoisotopic (exact) mass is 323 g/mol. The van der Waals surface area contributed by atoms with Crippen LogP contribution in [0.4, 0.5) is 5.69 Å². The van der Waals surface area contributed by atoms with Gasteiger partial charge in [0.05, 0.1) is 19.6 Å². The van der Waals surface area contributed by atoms with Gasteiger partial charge in [0.2, 0.25) is 0 Å². The Morgan fingerprint density at radius 3 is 2.27 bits per heavy atom. The topological polar surface area (TPSA) is 29.1 Å². The number of amides is 1. The Balaban J connectivity index is 2.18. The summed E-state index contributed by atoms with van der Waals surface area (Å²) >= 11 is 6.07. The van der Waals surface area contributed by atoms with Gasteiger partial charge in [0, 0.05) is 10.7 Å². The first-order valence-electron chi connectivity index (χ1n) is 8.33. The maximum absolute atomic E-state index is 12.8. The van der Waals surface area contributed by atoms with Crippen LogP contribution in [0.25, 0.3) is 0 Å². The van der Waals surface area contributed by atoms with Crippen molar-refractivity contribution in [2.24, 2.45) is 0 Å². The number of nitrogens with zero attached hydrogens (tertiary/aromatic N) is 1. The number of nitrogens with one attached hydrogen (secondary N) is 1. The van der Waals surface area contributed by atoms with E-state index in [4.69, 9.17) is 11.6 Å². The van der Waals surface area contributed by atoms with Gasteiger partial charge in [0.1, 0.15) is 0 Å². The van der Waals surface area contributed by atoms with Crippen LogP contribution >= 0.6 is 11.6 Å². The van der Waals surface area contributed by atoms with Crippen LogP contribution < -0.4 is 5.32 Å². The highest BCUT2D eigenvalue weighted by Crippen LogP contribution is 2.27. The molecular weight excluding hydrogens is 296 g/mol. The second-order valence-corrected chi connectivity index (χ2v) is 7.06. The van der Waals surface area contributed by atoms with Gasteiger partial charge in [0.15, 0.2) is 6.04 Å². The molecule has 1 atom stereocenters. The van der Waals surface area contributed by atoms with Gasteiger partial charge in [0.25, 0.3) is 5.91 Å². The molecule has 1 aliphatic heterocycles. The summed E-state index contributed by atoms with van der Waals surface area (Å²) in [5, 5.41) is 3.87. The first kappa shape index (κ1) is 17.3. The highest BCUT2D eigenvalue weighted by atomic mass is 35.5. The first-order valence-corrected chi connectivity index (χ1v) is 8.71. The molecule has 3 nitrogen and oxygen atoms in total. The number of benzene rings is 1. The molecule has 1 amide bonds. The number of hydrogen-bond acceptors (Lipinski definition) is 1. The minimum Gasteiger partial charge on any atom is -0.320 e. The molecule has 1 aromatic rings. The number of carbonyl (C=O) groups is 1. The second-order valence-electron chi connectivity index (χ2n) is 6.62. The minimum absolute atomic E-state index is 0.0141. The van der Waals surface area contributed by atoms with E-state index in [2.05, 4.69) is 19.2 Å². The Morgan fingerprint density at radius 1 is 1.23 bits per heavy atom.